The van der Waals surface area contributed by atoms with E-state index in [-0.39, 0.29) is 12.5 Å². The molecule has 0 bridgehead atoms. The number of benzene rings is 2. The van der Waals surface area contributed by atoms with Gasteiger partial charge < -0.3 is 23.8 Å². The van der Waals surface area contributed by atoms with Crippen LogP contribution in [0.1, 0.15) is 11.5 Å². The maximum Gasteiger partial charge on any atom is 0.278 e. The molecule has 0 unspecified atom stereocenters. The fourth-order valence-electron chi connectivity index (χ4n) is 3.47. The molecule has 9 nitrogen and oxygen atoms in total. The van der Waals surface area contributed by atoms with Gasteiger partial charge in [0.15, 0.2) is 11.5 Å². The van der Waals surface area contributed by atoms with E-state index < -0.39 is 0 Å². The van der Waals surface area contributed by atoms with Crippen molar-refractivity contribution < 1.29 is 23.8 Å². The van der Waals surface area contributed by atoms with Gasteiger partial charge in [-0.25, -0.2) is 4.98 Å². The zero-order valence-electron chi connectivity index (χ0n) is 17.9. The summed E-state index contributed by atoms with van der Waals surface area (Å²) in [7, 11) is 4.59. The van der Waals surface area contributed by atoms with Crippen molar-refractivity contribution in [1.82, 2.24) is 19.7 Å². The summed E-state index contributed by atoms with van der Waals surface area (Å²) in [6, 6.07) is 10.8. The van der Waals surface area contributed by atoms with Crippen molar-refractivity contribution in [2.75, 3.05) is 21.3 Å². The molecule has 4 rings (SSSR count). The lowest BCUT2D eigenvalue weighted by atomic mass is 10.1. The summed E-state index contributed by atoms with van der Waals surface area (Å²) in [5, 5.41) is 14.5. The lowest BCUT2D eigenvalue weighted by Crippen LogP contribution is -2.03. The van der Waals surface area contributed by atoms with Crippen LogP contribution in [0.3, 0.4) is 0 Å². The molecular weight excluding hydrogens is 436 g/mol. The second-order valence-electron chi connectivity index (χ2n) is 6.74. The Hall–Kier alpha value is -3.56. The standard InChI is InChI=1S/C22H21ClN4O5/c1-12-19(24-18(11-28)27(12)15-8-6-5-7-14(15)23)22-25-21(26-32-22)13-9-16(29-2)20(31-4)17(10-13)30-3/h5-10,28H,11H2,1-4H3. The topological polar surface area (TPSA) is 105 Å². The van der Waals surface area contributed by atoms with Crippen molar-refractivity contribution in [1.29, 1.82) is 0 Å². The summed E-state index contributed by atoms with van der Waals surface area (Å²) in [6.07, 6.45) is 0. The van der Waals surface area contributed by atoms with E-state index in [2.05, 4.69) is 15.1 Å². The van der Waals surface area contributed by atoms with Gasteiger partial charge in [-0.3, -0.25) is 4.57 Å². The first-order valence-corrected chi connectivity index (χ1v) is 9.98. The number of aliphatic hydroxyl groups is 1. The molecule has 0 saturated carbocycles. The molecule has 10 heteroatoms. The van der Waals surface area contributed by atoms with Crippen LogP contribution >= 0.6 is 11.6 Å². The average Bonchev–Trinajstić information content (AvgIpc) is 3.43. The maximum atomic E-state index is 9.87. The molecular formula is C22H21ClN4O5. The minimum Gasteiger partial charge on any atom is -0.493 e. The quantitative estimate of drug-likeness (QED) is 0.443. The number of halogens is 1. The molecule has 4 aromatic rings. The number of imidazole rings is 1. The van der Waals surface area contributed by atoms with Gasteiger partial charge in [0.25, 0.3) is 5.89 Å². The normalized spacial score (nSPS) is 10.9. The molecule has 0 atom stereocenters. The van der Waals surface area contributed by atoms with E-state index in [0.717, 1.165) is 0 Å². The van der Waals surface area contributed by atoms with Gasteiger partial charge in [0, 0.05) is 5.56 Å². The molecule has 32 heavy (non-hydrogen) atoms. The summed E-state index contributed by atoms with van der Waals surface area (Å²) in [5.41, 5.74) is 2.45. The van der Waals surface area contributed by atoms with Crippen LogP contribution in [0.4, 0.5) is 0 Å². The van der Waals surface area contributed by atoms with Crippen LogP contribution in [-0.4, -0.2) is 46.1 Å². The van der Waals surface area contributed by atoms with Gasteiger partial charge in [0.05, 0.1) is 37.7 Å². The van der Waals surface area contributed by atoms with Crippen molar-refractivity contribution in [2.24, 2.45) is 0 Å². The van der Waals surface area contributed by atoms with Gasteiger partial charge in [-0.15, -0.1) is 0 Å². The van der Waals surface area contributed by atoms with E-state index in [9.17, 15) is 5.11 Å². The Morgan fingerprint density at radius 1 is 1.03 bits per heavy atom. The van der Waals surface area contributed by atoms with Crippen LogP contribution in [0, 0.1) is 6.92 Å². The number of aromatic nitrogens is 4. The maximum absolute atomic E-state index is 9.87. The van der Waals surface area contributed by atoms with Crippen molar-refractivity contribution in [3.8, 4) is 45.9 Å². The number of nitrogens with zero attached hydrogens (tertiary/aromatic N) is 4. The first kappa shape index (κ1) is 21.7. The summed E-state index contributed by atoms with van der Waals surface area (Å²) < 4.78 is 23.4. The number of hydrogen-bond acceptors (Lipinski definition) is 8. The Morgan fingerprint density at radius 3 is 2.31 bits per heavy atom. The van der Waals surface area contributed by atoms with E-state index in [0.29, 0.717) is 56.6 Å². The Bertz CT molecular complexity index is 1240. The third kappa shape index (κ3) is 3.65. The van der Waals surface area contributed by atoms with Gasteiger partial charge in [-0.05, 0) is 31.2 Å². The Labute approximate surface area is 189 Å². The van der Waals surface area contributed by atoms with E-state index in [4.69, 9.17) is 30.3 Å². The van der Waals surface area contributed by atoms with Crippen LogP contribution in [0.2, 0.25) is 5.02 Å². The van der Waals surface area contributed by atoms with Crippen molar-refractivity contribution in [2.45, 2.75) is 13.5 Å². The molecule has 0 amide bonds. The van der Waals surface area contributed by atoms with Crippen molar-refractivity contribution in [3.63, 3.8) is 0 Å². The van der Waals surface area contributed by atoms with E-state index in [1.807, 2.05) is 25.1 Å². The van der Waals surface area contributed by atoms with Crippen LogP contribution in [0.15, 0.2) is 40.9 Å². The minimum absolute atomic E-state index is 0.201. The monoisotopic (exact) mass is 456 g/mol. The molecule has 2 aromatic heterocycles. The Kier molecular flexibility index (Phi) is 6.02. The lowest BCUT2D eigenvalue weighted by Gasteiger charge is -2.12. The van der Waals surface area contributed by atoms with Gasteiger partial charge in [-0.1, -0.05) is 28.9 Å². The minimum atomic E-state index is -0.292. The van der Waals surface area contributed by atoms with Crippen LogP contribution in [0.5, 0.6) is 17.2 Å². The molecule has 0 aliphatic heterocycles. The number of rotatable bonds is 7. The number of ether oxygens (including phenoxy) is 3. The second-order valence-corrected chi connectivity index (χ2v) is 7.15. The number of hydrogen-bond donors (Lipinski definition) is 1. The summed E-state index contributed by atoms with van der Waals surface area (Å²) in [4.78, 5) is 9.01. The number of aliphatic hydroxyl groups excluding tert-OH is 1. The predicted molar refractivity (Wildman–Crippen MR) is 118 cm³/mol. The Balaban J connectivity index is 1.80. The van der Waals surface area contributed by atoms with E-state index in [1.54, 1.807) is 22.8 Å². The van der Waals surface area contributed by atoms with Gasteiger partial charge in [0.2, 0.25) is 11.6 Å². The Morgan fingerprint density at radius 2 is 1.72 bits per heavy atom. The molecule has 0 aliphatic carbocycles. The summed E-state index contributed by atoms with van der Waals surface area (Å²) in [6.45, 7) is 1.55. The third-order valence-corrected chi connectivity index (χ3v) is 5.28. The lowest BCUT2D eigenvalue weighted by molar-refractivity contribution is 0.269. The molecule has 2 heterocycles. The molecule has 0 aliphatic rings. The molecule has 0 radical (unpaired) electrons. The number of methoxy groups -OCH3 is 3. The average molecular weight is 457 g/mol. The molecule has 0 saturated heterocycles. The SMILES string of the molecule is COc1cc(-c2noc(-c3nc(CO)n(-c4ccccc4Cl)c3C)n2)cc(OC)c1OC. The van der Waals surface area contributed by atoms with Gasteiger partial charge in [0.1, 0.15) is 18.1 Å². The first-order chi connectivity index (χ1) is 15.5. The first-order valence-electron chi connectivity index (χ1n) is 9.60. The molecule has 1 N–H and O–H groups in total. The van der Waals surface area contributed by atoms with Gasteiger partial charge in [-0.2, -0.15) is 4.98 Å². The molecule has 2 aromatic carbocycles. The van der Waals surface area contributed by atoms with E-state index in [1.165, 1.54) is 21.3 Å². The van der Waals surface area contributed by atoms with Crippen molar-refractivity contribution >= 4 is 11.6 Å². The second kappa shape index (κ2) is 8.89. The predicted octanol–water partition coefficient (Wildman–Crippen LogP) is 4.07. The fourth-order valence-corrected chi connectivity index (χ4v) is 3.69. The highest BCUT2D eigenvalue weighted by atomic mass is 35.5. The zero-order valence-corrected chi connectivity index (χ0v) is 18.7. The summed E-state index contributed by atoms with van der Waals surface area (Å²) in [5.74, 6) is 2.32. The van der Waals surface area contributed by atoms with Crippen LogP contribution in [0.25, 0.3) is 28.7 Å². The molecule has 166 valence electrons. The van der Waals surface area contributed by atoms with Crippen LogP contribution in [-0.2, 0) is 6.61 Å². The van der Waals surface area contributed by atoms with Gasteiger partial charge >= 0.3 is 0 Å². The highest BCUT2D eigenvalue weighted by Gasteiger charge is 2.23. The highest BCUT2D eigenvalue weighted by Crippen LogP contribution is 2.41. The van der Waals surface area contributed by atoms with E-state index >= 15 is 0 Å². The van der Waals surface area contributed by atoms with Crippen LogP contribution < -0.4 is 14.2 Å². The smallest absolute Gasteiger partial charge is 0.278 e. The molecule has 0 fully saturated rings. The fraction of sp³-hybridized carbons (Fsp3) is 0.227. The number of para-hydroxylation sites is 1. The van der Waals surface area contributed by atoms with Crippen molar-refractivity contribution in [3.05, 3.63) is 52.9 Å². The highest BCUT2D eigenvalue weighted by molar-refractivity contribution is 6.32. The summed E-state index contributed by atoms with van der Waals surface area (Å²) >= 11 is 6.37. The zero-order chi connectivity index (χ0) is 22.8. The largest absolute Gasteiger partial charge is 0.493 e. The third-order valence-electron chi connectivity index (χ3n) is 4.96. The molecule has 0 spiro atoms.